The lowest BCUT2D eigenvalue weighted by Gasteiger charge is -2.32. The van der Waals surface area contributed by atoms with E-state index in [1.165, 1.54) is 0 Å². The van der Waals surface area contributed by atoms with E-state index in [0.717, 1.165) is 12.8 Å². The Morgan fingerprint density at radius 1 is 1.07 bits per heavy atom. The van der Waals surface area contributed by atoms with Crippen LogP contribution in [0.5, 0.6) is 0 Å². The molecule has 1 aliphatic rings. The van der Waals surface area contributed by atoms with Crippen LogP contribution in [0, 0.1) is 5.92 Å². The van der Waals surface area contributed by atoms with Crippen molar-refractivity contribution in [2.24, 2.45) is 5.92 Å². The smallest absolute Gasteiger partial charge is 0.253 e. The Bertz CT molecular complexity index is 123. The van der Waals surface area contributed by atoms with Gasteiger partial charge >= 0.3 is 0 Å². The quantitative estimate of drug-likeness (QED) is 0.731. The average molecular weight is 207 g/mol. The maximum Gasteiger partial charge on any atom is 0.253 e. The zero-order chi connectivity index (χ0) is 11.1. The van der Waals surface area contributed by atoms with Gasteiger partial charge < -0.3 is 5.32 Å². The highest BCUT2D eigenvalue weighted by Gasteiger charge is 2.28. The van der Waals surface area contributed by atoms with Gasteiger partial charge in [-0.1, -0.05) is 34.1 Å². The van der Waals surface area contributed by atoms with Gasteiger partial charge in [-0.3, -0.25) is 0 Å². The van der Waals surface area contributed by atoms with Crippen LogP contribution in [0.3, 0.4) is 0 Å². The normalized spacial score (nSPS) is 27.4. The van der Waals surface area contributed by atoms with E-state index in [1.807, 2.05) is 13.8 Å². The van der Waals surface area contributed by atoms with Gasteiger partial charge in [-0.05, 0) is 18.8 Å². The molecular weight excluding hydrogens is 184 g/mol. The molecule has 3 heteroatoms. The number of hydrogen-bond donors (Lipinski definition) is 1. The molecule has 0 aromatic heterocycles. The Balaban J connectivity index is 0.000000791. The van der Waals surface area contributed by atoms with E-state index in [2.05, 4.69) is 19.2 Å². The van der Waals surface area contributed by atoms with E-state index in [4.69, 9.17) is 0 Å². The van der Waals surface area contributed by atoms with Gasteiger partial charge in [-0.25, -0.2) is 8.78 Å². The molecule has 1 N–H and O–H groups in total. The number of hydrogen-bond acceptors (Lipinski definition) is 1. The molecule has 2 atom stereocenters. The molecule has 0 spiro atoms. The molecule has 1 nitrogen and oxygen atoms in total. The predicted octanol–water partition coefficient (Wildman–Crippen LogP) is 3.44. The summed E-state index contributed by atoms with van der Waals surface area (Å²) in [5.41, 5.74) is 0. The first-order valence-electron chi connectivity index (χ1n) is 5.65. The lowest BCUT2D eigenvalue weighted by Crippen LogP contribution is -2.48. The Hall–Kier alpha value is -0.180. The van der Waals surface area contributed by atoms with Crippen molar-refractivity contribution in [1.29, 1.82) is 0 Å². The molecule has 0 amide bonds. The summed E-state index contributed by atoms with van der Waals surface area (Å²) in [4.78, 5) is 0. The number of alkyl halides is 2. The summed E-state index contributed by atoms with van der Waals surface area (Å²) in [6.07, 6.45) is 0.402. The Morgan fingerprint density at radius 3 is 2.00 bits per heavy atom. The zero-order valence-electron chi connectivity index (χ0n) is 9.69. The fraction of sp³-hybridized carbons (Fsp3) is 1.00. The lowest BCUT2D eigenvalue weighted by molar-refractivity contribution is 0.0683. The highest BCUT2D eigenvalue weighted by atomic mass is 19.3. The largest absolute Gasteiger partial charge is 0.306 e. The Morgan fingerprint density at radius 2 is 1.57 bits per heavy atom. The van der Waals surface area contributed by atoms with Crippen molar-refractivity contribution in [3.8, 4) is 0 Å². The maximum atomic E-state index is 12.3. The molecule has 0 saturated carbocycles. The monoisotopic (exact) mass is 207 g/mol. The summed E-state index contributed by atoms with van der Waals surface area (Å²) in [7, 11) is 0. The topological polar surface area (TPSA) is 12.0 Å². The third-order valence-electron chi connectivity index (χ3n) is 2.57. The summed E-state index contributed by atoms with van der Waals surface area (Å²) in [5.74, 6) is 0.464. The first-order chi connectivity index (χ1) is 6.61. The van der Waals surface area contributed by atoms with Crippen molar-refractivity contribution in [2.75, 3.05) is 0 Å². The Kier molecular flexibility index (Phi) is 7.06. The standard InChI is InChI=1S/C9H17F2N.C2H6/c1-6(2)7-4-3-5-8(12-7)9(10)11;1-2/h6-9,12H,3-5H2,1-2H3;1-2H3. The van der Waals surface area contributed by atoms with E-state index in [1.54, 1.807) is 0 Å². The van der Waals surface area contributed by atoms with Crippen LogP contribution in [0.2, 0.25) is 0 Å². The van der Waals surface area contributed by atoms with E-state index in [-0.39, 0.29) is 6.04 Å². The van der Waals surface area contributed by atoms with E-state index < -0.39 is 12.5 Å². The summed E-state index contributed by atoms with van der Waals surface area (Å²) >= 11 is 0. The van der Waals surface area contributed by atoms with Gasteiger partial charge in [-0.2, -0.15) is 0 Å². The minimum atomic E-state index is -2.20. The molecule has 0 aromatic carbocycles. The predicted molar refractivity (Wildman–Crippen MR) is 56.8 cm³/mol. The van der Waals surface area contributed by atoms with Crippen LogP contribution in [-0.4, -0.2) is 18.5 Å². The molecule has 2 unspecified atom stereocenters. The lowest BCUT2D eigenvalue weighted by atomic mass is 9.91. The molecule has 14 heavy (non-hydrogen) atoms. The van der Waals surface area contributed by atoms with Gasteiger partial charge in [0.15, 0.2) is 0 Å². The third-order valence-corrected chi connectivity index (χ3v) is 2.57. The van der Waals surface area contributed by atoms with Crippen LogP contribution in [0.25, 0.3) is 0 Å². The second kappa shape index (κ2) is 7.16. The minimum absolute atomic E-state index is 0.290. The number of nitrogens with one attached hydrogen (secondary N) is 1. The minimum Gasteiger partial charge on any atom is -0.306 e. The molecule has 1 heterocycles. The van der Waals surface area contributed by atoms with Gasteiger partial charge in [0.05, 0.1) is 6.04 Å². The van der Waals surface area contributed by atoms with Gasteiger partial charge in [0, 0.05) is 6.04 Å². The van der Waals surface area contributed by atoms with E-state index in [0.29, 0.717) is 12.3 Å². The Labute approximate surface area is 86.3 Å². The van der Waals surface area contributed by atoms with Crippen LogP contribution in [0.4, 0.5) is 8.78 Å². The van der Waals surface area contributed by atoms with Crippen molar-refractivity contribution in [1.82, 2.24) is 5.32 Å². The fourth-order valence-electron chi connectivity index (χ4n) is 1.72. The van der Waals surface area contributed by atoms with Gasteiger partial charge in [-0.15, -0.1) is 0 Å². The number of piperidine rings is 1. The van der Waals surface area contributed by atoms with Gasteiger partial charge in [0.25, 0.3) is 6.43 Å². The van der Waals surface area contributed by atoms with Crippen LogP contribution >= 0.6 is 0 Å². The number of halogens is 2. The molecule has 1 rings (SSSR count). The molecule has 1 aliphatic heterocycles. The van der Waals surface area contributed by atoms with E-state index in [9.17, 15) is 8.78 Å². The molecule has 0 aromatic rings. The summed E-state index contributed by atoms with van der Waals surface area (Å²) in [5, 5.41) is 3.00. The molecule has 86 valence electrons. The van der Waals surface area contributed by atoms with Crippen molar-refractivity contribution < 1.29 is 8.78 Å². The zero-order valence-corrected chi connectivity index (χ0v) is 9.69. The van der Waals surface area contributed by atoms with Gasteiger partial charge in [0.2, 0.25) is 0 Å². The van der Waals surface area contributed by atoms with E-state index >= 15 is 0 Å². The number of rotatable bonds is 2. The van der Waals surface area contributed by atoms with Crippen LogP contribution < -0.4 is 5.32 Å². The van der Waals surface area contributed by atoms with Crippen molar-refractivity contribution in [3.05, 3.63) is 0 Å². The molecule has 0 aliphatic carbocycles. The first kappa shape index (κ1) is 13.8. The van der Waals surface area contributed by atoms with Crippen molar-refractivity contribution in [3.63, 3.8) is 0 Å². The van der Waals surface area contributed by atoms with Crippen LogP contribution in [0.1, 0.15) is 47.0 Å². The van der Waals surface area contributed by atoms with Crippen LogP contribution in [0.15, 0.2) is 0 Å². The molecule has 0 radical (unpaired) electrons. The summed E-state index contributed by atoms with van der Waals surface area (Å²) < 4.78 is 24.6. The average Bonchev–Trinajstić information content (AvgIpc) is 2.21. The molecular formula is C11H23F2N. The summed E-state index contributed by atoms with van der Waals surface area (Å²) in [6, 6.07) is -0.274. The molecule has 0 bridgehead atoms. The van der Waals surface area contributed by atoms with Gasteiger partial charge in [0.1, 0.15) is 0 Å². The third kappa shape index (κ3) is 4.36. The van der Waals surface area contributed by atoms with Crippen molar-refractivity contribution >= 4 is 0 Å². The van der Waals surface area contributed by atoms with Crippen molar-refractivity contribution in [2.45, 2.75) is 65.5 Å². The highest BCUT2D eigenvalue weighted by molar-refractivity contribution is 4.83. The SMILES string of the molecule is CC.CC(C)C1CCCC(C(F)F)N1. The van der Waals surface area contributed by atoms with Crippen LogP contribution in [-0.2, 0) is 0 Å². The molecule has 1 fully saturated rings. The first-order valence-corrected chi connectivity index (χ1v) is 5.65. The maximum absolute atomic E-state index is 12.3. The fourth-order valence-corrected chi connectivity index (χ4v) is 1.72. The molecule has 1 saturated heterocycles. The second-order valence-corrected chi connectivity index (χ2v) is 3.89. The summed E-state index contributed by atoms with van der Waals surface area (Å²) in [6.45, 7) is 8.15. The highest BCUT2D eigenvalue weighted by Crippen LogP contribution is 2.21. The second-order valence-electron chi connectivity index (χ2n) is 3.89.